The molecule has 0 bridgehead atoms. The van der Waals surface area contributed by atoms with E-state index in [0.717, 1.165) is 28.1 Å². The largest absolute Gasteiger partial charge is 0.294 e. The molecule has 4 rings (SSSR count). The van der Waals surface area contributed by atoms with Gasteiger partial charge in [-0.25, -0.2) is 4.99 Å². The minimum Gasteiger partial charge on any atom is -0.294 e. The van der Waals surface area contributed by atoms with Gasteiger partial charge in [0.05, 0.1) is 16.6 Å². The van der Waals surface area contributed by atoms with E-state index in [1.165, 1.54) is 11.8 Å². The van der Waals surface area contributed by atoms with Crippen LogP contribution in [-0.2, 0) is 4.79 Å². The minimum absolute atomic E-state index is 0. The van der Waals surface area contributed by atoms with Gasteiger partial charge in [-0.1, -0.05) is 65.9 Å². The van der Waals surface area contributed by atoms with Crippen LogP contribution in [0.1, 0.15) is 33.5 Å². The highest BCUT2D eigenvalue weighted by Crippen LogP contribution is 2.36. The Balaban J connectivity index is 0.00000289. The van der Waals surface area contributed by atoms with Crippen molar-refractivity contribution < 1.29 is 14.3 Å². The molecule has 0 aromatic heterocycles. The fourth-order valence-electron chi connectivity index (χ4n) is 3.51. The van der Waals surface area contributed by atoms with Crippen LogP contribution < -0.4 is 4.90 Å². The highest BCUT2D eigenvalue weighted by molar-refractivity contribution is 8.16. The summed E-state index contributed by atoms with van der Waals surface area (Å²) in [5, 5.41) is 0.0979. The van der Waals surface area contributed by atoms with Crippen LogP contribution >= 0.6 is 11.8 Å². The number of rotatable bonds is 5. The van der Waals surface area contributed by atoms with Crippen LogP contribution in [0.2, 0.25) is 0 Å². The summed E-state index contributed by atoms with van der Waals surface area (Å²) in [5.41, 5.74) is 5.45. The van der Waals surface area contributed by atoms with Crippen molar-refractivity contribution in [3.8, 4) is 0 Å². The molecule has 4 nitrogen and oxygen atoms in total. The molecule has 1 heterocycles. The van der Waals surface area contributed by atoms with Crippen LogP contribution in [-0.4, -0.2) is 22.1 Å². The van der Waals surface area contributed by atoms with Crippen molar-refractivity contribution in [1.82, 2.24) is 0 Å². The second-order valence-corrected chi connectivity index (χ2v) is 9.02. The molecule has 1 atom stereocenters. The Labute approximate surface area is 191 Å². The number of thioether (sulfide) groups is 1. The van der Waals surface area contributed by atoms with E-state index in [9.17, 15) is 9.59 Å². The first-order valence-electron chi connectivity index (χ1n) is 10.2. The first-order valence-corrected chi connectivity index (χ1v) is 11.1. The van der Waals surface area contributed by atoms with E-state index in [1.807, 2.05) is 93.6 Å². The van der Waals surface area contributed by atoms with Gasteiger partial charge in [-0.3, -0.25) is 19.2 Å². The van der Waals surface area contributed by atoms with Crippen molar-refractivity contribution in [2.24, 2.45) is 4.99 Å². The van der Waals surface area contributed by atoms with Crippen LogP contribution in [0.15, 0.2) is 77.8 Å². The van der Waals surface area contributed by atoms with Gasteiger partial charge >= 0.3 is 0 Å². The predicted molar refractivity (Wildman–Crippen MR) is 131 cm³/mol. The lowest BCUT2D eigenvalue weighted by Crippen LogP contribution is -2.32. The van der Waals surface area contributed by atoms with Crippen LogP contribution in [0, 0.1) is 20.8 Å². The van der Waals surface area contributed by atoms with Gasteiger partial charge in [-0.15, -0.1) is 0 Å². The Bertz CT molecular complexity index is 1170. The average molecular weight is 449 g/mol. The molecule has 1 aliphatic heterocycles. The lowest BCUT2D eigenvalue weighted by atomic mass is 10.0. The van der Waals surface area contributed by atoms with Crippen LogP contribution in [0.5, 0.6) is 0 Å². The second-order valence-electron chi connectivity index (χ2n) is 7.85. The number of nitrogens with zero attached hydrogens (tertiary/aromatic N) is 2. The smallest absolute Gasteiger partial charge is 0.247 e. The summed E-state index contributed by atoms with van der Waals surface area (Å²) in [7, 11) is 0. The number of aryl methyl sites for hydroxylation is 3. The molecule has 0 N–H and O–H groups in total. The number of amides is 1. The molecule has 3 aromatic rings. The quantitative estimate of drug-likeness (QED) is 0.438. The van der Waals surface area contributed by atoms with Gasteiger partial charge < -0.3 is 0 Å². The fraction of sp³-hybridized carbons (Fsp3) is 0.192. The summed E-state index contributed by atoms with van der Waals surface area (Å²) in [6, 6.07) is 23.1. The summed E-state index contributed by atoms with van der Waals surface area (Å²) in [6.45, 7) is 5.99. The first-order chi connectivity index (χ1) is 14.9. The van der Waals surface area contributed by atoms with E-state index >= 15 is 0 Å². The number of carbonyl (C=O) groups excluding carboxylic acids is 2. The van der Waals surface area contributed by atoms with Gasteiger partial charge in [0.1, 0.15) is 0 Å². The number of benzene rings is 3. The van der Waals surface area contributed by atoms with Gasteiger partial charge in [-0.2, -0.15) is 0 Å². The van der Waals surface area contributed by atoms with Crippen molar-refractivity contribution in [1.29, 1.82) is 0 Å². The van der Waals surface area contributed by atoms with Gasteiger partial charge in [0.2, 0.25) is 5.91 Å². The van der Waals surface area contributed by atoms with E-state index in [1.54, 1.807) is 4.90 Å². The van der Waals surface area contributed by atoms with Crippen LogP contribution in [0.4, 0.5) is 16.1 Å². The molecule has 0 aliphatic carbocycles. The fourth-order valence-corrected chi connectivity index (χ4v) is 4.67. The summed E-state index contributed by atoms with van der Waals surface area (Å²) < 4.78 is 0. The zero-order valence-electron chi connectivity index (χ0n) is 18.2. The number of ketones is 1. The molecule has 0 spiro atoms. The summed E-state index contributed by atoms with van der Waals surface area (Å²) in [6.07, 6.45) is 0.141. The van der Waals surface area contributed by atoms with E-state index < -0.39 is 5.25 Å². The van der Waals surface area contributed by atoms with Crippen molar-refractivity contribution in [3.63, 3.8) is 0 Å². The molecule has 6 heteroatoms. The van der Waals surface area contributed by atoms with Gasteiger partial charge in [-0.05, 0) is 56.2 Å². The molecule has 1 fully saturated rings. The third-order valence-corrected chi connectivity index (χ3v) is 6.30. The number of aliphatic imine (C=N–C) groups is 1. The standard InChI is InChI=1S/C26H24N2O2S.FH/c1-17-10-12-20(13-11-17)23(29)16-24-25(30)28(22-9-5-7-19(3)15-22)26(31-24)27-21-8-4-6-18(2)14-21;/h4-15,24H,16H2,1-3H3;1H. The third kappa shape index (κ3) is 5.14. The number of hydrogen-bond acceptors (Lipinski definition) is 4. The van der Waals surface area contributed by atoms with Gasteiger partial charge in [0.15, 0.2) is 11.0 Å². The lowest BCUT2D eigenvalue weighted by Gasteiger charge is -2.17. The third-order valence-electron chi connectivity index (χ3n) is 5.17. The maximum atomic E-state index is 13.4. The van der Waals surface area contributed by atoms with Crippen molar-refractivity contribution in [2.45, 2.75) is 32.4 Å². The molecule has 32 heavy (non-hydrogen) atoms. The lowest BCUT2D eigenvalue weighted by molar-refractivity contribution is -0.116. The molecule has 164 valence electrons. The van der Waals surface area contributed by atoms with Crippen molar-refractivity contribution in [2.75, 3.05) is 4.90 Å². The number of anilines is 1. The summed E-state index contributed by atoms with van der Waals surface area (Å²) >= 11 is 1.36. The number of Topliss-reactive ketones (excluding diaryl/α,β-unsaturated/α-hetero) is 1. The molecular weight excluding hydrogens is 423 g/mol. The van der Waals surface area contributed by atoms with Crippen LogP contribution in [0.3, 0.4) is 0 Å². The topological polar surface area (TPSA) is 49.7 Å². The molecule has 1 aliphatic rings. The number of carbonyl (C=O) groups is 2. The van der Waals surface area contributed by atoms with Gasteiger partial charge in [0, 0.05) is 12.0 Å². The number of hydrogen-bond donors (Lipinski definition) is 0. The zero-order valence-corrected chi connectivity index (χ0v) is 19.1. The normalized spacial score (nSPS) is 16.8. The molecule has 0 radical (unpaired) electrons. The van der Waals surface area contributed by atoms with E-state index in [0.29, 0.717) is 10.7 Å². The SMILES string of the molecule is Cc1ccc(C(=O)CC2SC(=Nc3cccc(C)c3)N(c3cccc(C)c3)C2=O)cc1.F. The molecule has 1 saturated heterocycles. The Kier molecular flexibility index (Phi) is 7.26. The van der Waals surface area contributed by atoms with Crippen LogP contribution in [0.25, 0.3) is 0 Å². The monoisotopic (exact) mass is 448 g/mol. The highest BCUT2D eigenvalue weighted by Gasteiger charge is 2.40. The molecule has 1 unspecified atom stereocenters. The van der Waals surface area contributed by atoms with E-state index in [-0.39, 0.29) is 22.8 Å². The van der Waals surface area contributed by atoms with Crippen molar-refractivity contribution in [3.05, 3.63) is 95.1 Å². The van der Waals surface area contributed by atoms with Gasteiger partial charge in [0.25, 0.3) is 0 Å². The Hall–Kier alpha value is -3.25. The average Bonchev–Trinajstić information content (AvgIpc) is 3.03. The zero-order chi connectivity index (χ0) is 22.0. The molecule has 1 amide bonds. The van der Waals surface area contributed by atoms with E-state index in [2.05, 4.69) is 0 Å². The van der Waals surface area contributed by atoms with E-state index in [4.69, 9.17) is 4.99 Å². The first kappa shape index (κ1) is 23.4. The summed E-state index contributed by atoms with van der Waals surface area (Å²) in [4.78, 5) is 32.6. The Morgan fingerprint density at radius 2 is 1.56 bits per heavy atom. The Morgan fingerprint density at radius 3 is 2.22 bits per heavy atom. The maximum absolute atomic E-state index is 13.4. The minimum atomic E-state index is -0.502. The second kappa shape index (κ2) is 9.92. The van der Waals surface area contributed by atoms with Crippen molar-refractivity contribution >= 4 is 40.0 Å². The maximum Gasteiger partial charge on any atom is 0.247 e. The predicted octanol–water partition coefficient (Wildman–Crippen LogP) is 6.17. The highest BCUT2D eigenvalue weighted by atomic mass is 32.2. The number of halogens is 1. The molecule has 3 aromatic carbocycles. The number of amidine groups is 1. The molecule has 0 saturated carbocycles. The Morgan fingerprint density at radius 1 is 0.906 bits per heavy atom. The molecular formula is C26H25FN2O2S. The summed E-state index contributed by atoms with van der Waals surface area (Å²) in [5.74, 6) is -0.144.